The van der Waals surface area contributed by atoms with Crippen molar-refractivity contribution in [1.82, 2.24) is 0 Å². The van der Waals surface area contributed by atoms with Crippen LogP contribution in [-0.2, 0) is 4.89 Å². The van der Waals surface area contributed by atoms with Crippen molar-refractivity contribution in [1.29, 1.82) is 0 Å². The number of hydrogen-bond acceptors (Lipinski definition) is 6. The molecule has 0 saturated heterocycles. The van der Waals surface area contributed by atoms with E-state index in [1.54, 1.807) is 0 Å². The fourth-order valence-corrected chi connectivity index (χ4v) is 10.4. The van der Waals surface area contributed by atoms with E-state index in [0.717, 1.165) is 31.3 Å². The van der Waals surface area contributed by atoms with Crippen LogP contribution in [0.25, 0.3) is 0 Å². The van der Waals surface area contributed by atoms with Crippen molar-refractivity contribution in [3.63, 3.8) is 0 Å². The van der Waals surface area contributed by atoms with Crippen LogP contribution in [0.5, 0.6) is 0 Å². The van der Waals surface area contributed by atoms with Crippen LogP contribution in [0.15, 0.2) is 12.2 Å². The summed E-state index contributed by atoms with van der Waals surface area (Å²) in [4.78, 5) is 4.60. The molecule has 0 aromatic rings. The standard InChI is InChI=1S/C30H52O6/c1-17(2)20(36-35)10-14-29(7,34)18-9-12-28(6)25(18)19(31)15-22-27(28,5)13-11-21-26(3,4)23(32)16-24(33)30(21,22)8/h18-25,31-35H,1,9-16H2,2-8H3. The van der Waals surface area contributed by atoms with Gasteiger partial charge in [0.25, 0.3) is 0 Å². The van der Waals surface area contributed by atoms with Gasteiger partial charge in [0.2, 0.25) is 0 Å². The number of fused-ring (bicyclic) bond motifs is 5. The molecule has 4 aliphatic carbocycles. The minimum atomic E-state index is -1.00. The summed E-state index contributed by atoms with van der Waals surface area (Å²) < 4.78 is 0. The SMILES string of the molecule is C=C(C)C(CCC(C)(O)C1CCC2(C)C1C(O)CC1C3(C)C(O)CC(O)C(C)(C)C3CCC12C)OO. The van der Waals surface area contributed by atoms with Crippen molar-refractivity contribution >= 4 is 0 Å². The topological polar surface area (TPSA) is 110 Å². The maximum Gasteiger partial charge on any atom is 0.113 e. The highest BCUT2D eigenvalue weighted by Gasteiger charge is 2.72. The van der Waals surface area contributed by atoms with E-state index in [0.29, 0.717) is 25.7 Å². The highest BCUT2D eigenvalue weighted by molar-refractivity contribution is 5.21. The van der Waals surface area contributed by atoms with Crippen LogP contribution in [0.2, 0.25) is 0 Å². The molecule has 36 heavy (non-hydrogen) atoms. The molecule has 12 atom stereocenters. The first-order valence-corrected chi connectivity index (χ1v) is 14.2. The molecule has 4 aliphatic rings. The van der Waals surface area contributed by atoms with Crippen LogP contribution in [0, 0.1) is 45.3 Å². The summed E-state index contributed by atoms with van der Waals surface area (Å²) >= 11 is 0. The molecule has 0 aromatic carbocycles. The van der Waals surface area contributed by atoms with E-state index in [4.69, 9.17) is 0 Å². The minimum absolute atomic E-state index is 0.0356. The molecule has 0 spiro atoms. The predicted octanol–water partition coefficient (Wildman–Crippen LogP) is 4.94. The van der Waals surface area contributed by atoms with Gasteiger partial charge in [0.1, 0.15) is 6.10 Å². The van der Waals surface area contributed by atoms with Gasteiger partial charge in [0.15, 0.2) is 0 Å². The molecule has 4 fully saturated rings. The maximum atomic E-state index is 11.8. The third kappa shape index (κ3) is 3.80. The van der Waals surface area contributed by atoms with Crippen LogP contribution < -0.4 is 0 Å². The molecule has 0 aliphatic heterocycles. The largest absolute Gasteiger partial charge is 0.393 e. The molecule has 0 bridgehead atoms. The lowest BCUT2D eigenvalue weighted by Gasteiger charge is -2.71. The molecular weight excluding hydrogens is 456 g/mol. The summed E-state index contributed by atoms with van der Waals surface area (Å²) in [5.74, 6) is 0.236. The Bertz CT molecular complexity index is 854. The predicted molar refractivity (Wildman–Crippen MR) is 140 cm³/mol. The molecule has 6 heteroatoms. The van der Waals surface area contributed by atoms with E-state index in [9.17, 15) is 25.7 Å². The first-order chi connectivity index (χ1) is 16.5. The Morgan fingerprint density at radius 3 is 2.17 bits per heavy atom. The van der Waals surface area contributed by atoms with Gasteiger partial charge in [-0.15, -0.1) is 0 Å². The van der Waals surface area contributed by atoms with Gasteiger partial charge in [-0.2, -0.15) is 0 Å². The lowest BCUT2D eigenvalue weighted by molar-refractivity contribution is -0.276. The molecule has 12 unspecified atom stereocenters. The van der Waals surface area contributed by atoms with Gasteiger partial charge < -0.3 is 20.4 Å². The molecule has 208 valence electrons. The molecule has 0 heterocycles. The van der Waals surface area contributed by atoms with Gasteiger partial charge >= 0.3 is 0 Å². The maximum absolute atomic E-state index is 11.8. The normalized spacial score (nSPS) is 50.4. The highest BCUT2D eigenvalue weighted by Crippen LogP contribution is 2.75. The molecule has 5 N–H and O–H groups in total. The van der Waals surface area contributed by atoms with Crippen molar-refractivity contribution in [3.8, 4) is 0 Å². The average Bonchev–Trinajstić information content (AvgIpc) is 3.15. The minimum Gasteiger partial charge on any atom is -0.393 e. The monoisotopic (exact) mass is 508 g/mol. The number of aliphatic hydroxyl groups excluding tert-OH is 3. The Labute approximate surface area is 218 Å². The van der Waals surface area contributed by atoms with Gasteiger partial charge in [-0.25, -0.2) is 4.89 Å². The third-order valence-corrected chi connectivity index (χ3v) is 12.9. The molecule has 4 rings (SSSR count). The Balaban J connectivity index is 1.66. The number of aliphatic hydroxyl groups is 4. The zero-order chi connectivity index (χ0) is 27.1. The van der Waals surface area contributed by atoms with Crippen molar-refractivity contribution in [2.75, 3.05) is 0 Å². The van der Waals surface area contributed by atoms with Crippen molar-refractivity contribution in [2.24, 2.45) is 45.3 Å². The van der Waals surface area contributed by atoms with Crippen LogP contribution in [0.4, 0.5) is 0 Å². The summed E-state index contributed by atoms with van der Waals surface area (Å²) in [5.41, 5.74) is -1.19. The van der Waals surface area contributed by atoms with E-state index >= 15 is 0 Å². The first-order valence-electron chi connectivity index (χ1n) is 14.2. The Kier molecular flexibility index (Phi) is 7.15. The molecule has 0 aromatic heterocycles. The summed E-state index contributed by atoms with van der Waals surface area (Å²) in [6.45, 7) is 18.8. The van der Waals surface area contributed by atoms with E-state index in [-0.39, 0.29) is 45.3 Å². The molecule has 0 amide bonds. The zero-order valence-electron chi connectivity index (χ0n) is 23.6. The summed E-state index contributed by atoms with van der Waals surface area (Å²) in [6.07, 6.45) is 3.49. The van der Waals surface area contributed by atoms with E-state index in [1.165, 1.54) is 0 Å². The van der Waals surface area contributed by atoms with Crippen molar-refractivity contribution in [2.45, 2.75) is 130 Å². The van der Waals surface area contributed by atoms with Crippen LogP contribution in [0.3, 0.4) is 0 Å². The fraction of sp³-hybridized carbons (Fsp3) is 0.933. The third-order valence-electron chi connectivity index (χ3n) is 12.9. The van der Waals surface area contributed by atoms with E-state index in [2.05, 4.69) is 46.1 Å². The molecule has 6 nitrogen and oxygen atoms in total. The van der Waals surface area contributed by atoms with Crippen molar-refractivity contribution < 1.29 is 30.6 Å². The Hall–Kier alpha value is -0.500. The van der Waals surface area contributed by atoms with Gasteiger partial charge in [0, 0.05) is 11.8 Å². The Morgan fingerprint density at radius 2 is 1.58 bits per heavy atom. The van der Waals surface area contributed by atoms with Gasteiger partial charge in [0.05, 0.1) is 23.9 Å². The number of hydrogen-bond donors (Lipinski definition) is 5. The average molecular weight is 509 g/mol. The Morgan fingerprint density at radius 1 is 0.972 bits per heavy atom. The summed E-state index contributed by atoms with van der Waals surface area (Å²) in [5, 5.41) is 55.1. The van der Waals surface area contributed by atoms with E-state index in [1.807, 2.05) is 13.8 Å². The summed E-state index contributed by atoms with van der Waals surface area (Å²) in [7, 11) is 0. The molecule has 0 radical (unpaired) electrons. The van der Waals surface area contributed by atoms with Crippen molar-refractivity contribution in [3.05, 3.63) is 12.2 Å². The highest BCUT2D eigenvalue weighted by atomic mass is 17.1. The van der Waals surface area contributed by atoms with Gasteiger partial charge in [-0.3, -0.25) is 5.26 Å². The lowest BCUT2D eigenvalue weighted by Crippen LogP contribution is -2.69. The van der Waals surface area contributed by atoms with Crippen LogP contribution in [-0.4, -0.2) is 55.7 Å². The van der Waals surface area contributed by atoms with Crippen LogP contribution >= 0.6 is 0 Å². The fourth-order valence-electron chi connectivity index (χ4n) is 10.4. The number of rotatable bonds is 6. The molecule has 4 saturated carbocycles. The summed E-state index contributed by atoms with van der Waals surface area (Å²) in [6, 6.07) is 0. The quantitative estimate of drug-likeness (QED) is 0.197. The van der Waals surface area contributed by atoms with Gasteiger partial charge in [-0.05, 0) is 104 Å². The zero-order valence-corrected chi connectivity index (χ0v) is 23.6. The second-order valence-corrected chi connectivity index (χ2v) is 14.7. The van der Waals surface area contributed by atoms with Gasteiger partial charge in [-0.1, -0.05) is 41.2 Å². The van der Waals surface area contributed by atoms with Crippen LogP contribution in [0.1, 0.15) is 99.8 Å². The lowest BCUT2D eigenvalue weighted by atomic mass is 9.34. The first kappa shape index (κ1) is 28.5. The van der Waals surface area contributed by atoms with E-state index < -0.39 is 30.0 Å². The molecular formula is C30H52O6. The smallest absolute Gasteiger partial charge is 0.113 e. The second-order valence-electron chi connectivity index (χ2n) is 14.7. The second kappa shape index (κ2) is 9.02.